The number of likely N-dealkylation sites (tertiary alicyclic amines) is 1. The van der Waals surface area contributed by atoms with Gasteiger partial charge in [0.2, 0.25) is 0 Å². The Morgan fingerprint density at radius 2 is 1.00 bits per heavy atom. The van der Waals surface area contributed by atoms with E-state index in [2.05, 4.69) is 48.4 Å². The molecular formula is C56H92N2O12. The number of allylic oxidation sites excluding steroid dienone is 2. The lowest BCUT2D eigenvalue weighted by Crippen LogP contribution is -2.50. The number of amides is 1. The number of nitrogens with zero attached hydrogens (tertiary/aromatic N) is 1. The maximum Gasteiger partial charge on any atom is 0.407 e. The van der Waals surface area contributed by atoms with Crippen molar-refractivity contribution in [2.45, 2.75) is 200 Å². The van der Waals surface area contributed by atoms with Crippen molar-refractivity contribution in [2.75, 3.05) is 65.8 Å². The lowest BCUT2D eigenvalue weighted by Gasteiger charge is -2.60. The van der Waals surface area contributed by atoms with Crippen LogP contribution < -0.4 is 5.32 Å². The highest BCUT2D eigenvalue weighted by Gasteiger charge is 2.54. The summed E-state index contributed by atoms with van der Waals surface area (Å²) in [4.78, 5) is 80.0. The molecule has 1 spiro atoms. The van der Waals surface area contributed by atoms with E-state index in [0.29, 0.717) is 89.0 Å². The fraction of sp³-hybridized carbons (Fsp3) is 0.821. The molecule has 14 nitrogen and oxygen atoms in total. The molecule has 4 aliphatic carbocycles. The van der Waals surface area contributed by atoms with Crippen LogP contribution in [0.5, 0.6) is 0 Å². The van der Waals surface area contributed by atoms with Gasteiger partial charge in [-0.1, -0.05) is 76.7 Å². The number of ether oxygens (including phenoxy) is 6. The smallest absolute Gasteiger partial charge is 0.407 e. The molecule has 1 N–H and O–H groups in total. The Bertz CT molecular complexity index is 1540. The number of hydrogen-bond acceptors (Lipinski definition) is 13. The standard InChI is InChI=1S/C56H92N2O12/c1-3-5-7-9-11-13-23-33-65-49(59)25-17-15-19-27-51(61)67-42-56(45-70-54(64)57-29-32-58-30-21-22-31-58,44-69-53(63)37-47-35-46-36-48-40-55(38-46,39-47)41-48)43-68-52(62)28-20-16-18-26-50(60)66-34-24-14-12-10-8-6-4-2/h11-14,46-48H,3-10,15-45H2,1-2H3,(H,57,64)/b13-11-,14-12-. The minimum absolute atomic E-state index is 0.0839. The van der Waals surface area contributed by atoms with Crippen LogP contribution in [0.3, 0.4) is 0 Å². The Balaban J connectivity index is 1.28. The Kier molecular flexibility index (Phi) is 28.8. The van der Waals surface area contributed by atoms with E-state index in [-0.39, 0.29) is 82.4 Å². The fourth-order valence-electron chi connectivity index (χ4n) is 11.0. The molecule has 1 heterocycles. The quantitative estimate of drug-likeness (QED) is 0.0267. The second-order valence-corrected chi connectivity index (χ2v) is 21.2. The third kappa shape index (κ3) is 24.9. The number of hydrogen-bond donors (Lipinski definition) is 1. The number of alkyl carbamates (subject to hydrolysis) is 1. The zero-order chi connectivity index (χ0) is 50.1. The van der Waals surface area contributed by atoms with E-state index in [0.717, 1.165) is 57.5 Å². The van der Waals surface area contributed by atoms with Gasteiger partial charge < -0.3 is 38.6 Å². The van der Waals surface area contributed by atoms with Crippen LogP contribution in [0.2, 0.25) is 0 Å². The molecule has 4 saturated carbocycles. The first-order chi connectivity index (χ1) is 34.0. The van der Waals surface area contributed by atoms with Gasteiger partial charge in [0, 0.05) is 45.2 Å². The van der Waals surface area contributed by atoms with E-state index < -0.39 is 23.4 Å². The van der Waals surface area contributed by atoms with Crippen molar-refractivity contribution < 1.29 is 57.2 Å². The first-order valence-corrected chi connectivity index (χ1v) is 27.7. The molecule has 2 atom stereocenters. The van der Waals surface area contributed by atoms with E-state index in [1.54, 1.807) is 0 Å². The first-order valence-electron chi connectivity index (χ1n) is 27.7. The van der Waals surface area contributed by atoms with Gasteiger partial charge in [-0.3, -0.25) is 24.0 Å². The van der Waals surface area contributed by atoms with Crippen molar-refractivity contribution in [3.63, 3.8) is 0 Å². The van der Waals surface area contributed by atoms with Gasteiger partial charge in [0.25, 0.3) is 0 Å². The first kappa shape index (κ1) is 58.6. The van der Waals surface area contributed by atoms with Gasteiger partial charge in [0.1, 0.15) is 31.8 Å². The lowest BCUT2D eigenvalue weighted by molar-refractivity contribution is -0.166. The zero-order valence-corrected chi connectivity index (χ0v) is 43.5. The second kappa shape index (κ2) is 34.4. The molecule has 14 heteroatoms. The summed E-state index contributed by atoms with van der Waals surface area (Å²) in [7, 11) is 0. The average Bonchev–Trinajstić information content (AvgIpc) is 3.85. The molecule has 0 aromatic heterocycles. The van der Waals surface area contributed by atoms with Crippen molar-refractivity contribution in [3.8, 4) is 0 Å². The number of carbonyl (C=O) groups excluding carboxylic acids is 6. The predicted molar refractivity (Wildman–Crippen MR) is 269 cm³/mol. The van der Waals surface area contributed by atoms with Gasteiger partial charge in [0.05, 0.1) is 13.2 Å². The summed E-state index contributed by atoms with van der Waals surface area (Å²) in [5, 5.41) is 2.81. The maximum atomic E-state index is 13.6. The minimum atomic E-state index is -1.38. The van der Waals surface area contributed by atoms with Gasteiger partial charge in [0.15, 0.2) is 0 Å². The largest absolute Gasteiger partial charge is 0.465 e. The van der Waals surface area contributed by atoms with E-state index >= 15 is 0 Å². The van der Waals surface area contributed by atoms with Crippen molar-refractivity contribution in [1.29, 1.82) is 0 Å². The number of rotatable bonds is 39. The van der Waals surface area contributed by atoms with E-state index in [1.807, 2.05) is 0 Å². The summed E-state index contributed by atoms with van der Waals surface area (Å²) in [6.07, 6.45) is 32.0. The number of esters is 5. The van der Waals surface area contributed by atoms with Crippen LogP contribution in [0, 0.1) is 28.6 Å². The van der Waals surface area contributed by atoms with Crippen molar-refractivity contribution in [3.05, 3.63) is 24.3 Å². The van der Waals surface area contributed by atoms with Gasteiger partial charge in [-0.05, 0) is 152 Å². The molecule has 0 aromatic carbocycles. The van der Waals surface area contributed by atoms with E-state index in [9.17, 15) is 28.8 Å². The van der Waals surface area contributed by atoms with E-state index in [1.165, 1.54) is 64.2 Å². The maximum absolute atomic E-state index is 13.6. The zero-order valence-electron chi connectivity index (χ0n) is 43.5. The lowest BCUT2D eigenvalue weighted by atomic mass is 9.45. The molecule has 0 aromatic rings. The Morgan fingerprint density at radius 3 is 1.51 bits per heavy atom. The highest BCUT2D eigenvalue weighted by molar-refractivity contribution is 5.71. The van der Waals surface area contributed by atoms with Crippen LogP contribution in [0.25, 0.3) is 0 Å². The summed E-state index contributed by atoms with van der Waals surface area (Å²) >= 11 is 0. The molecule has 398 valence electrons. The number of carbonyl (C=O) groups is 6. The van der Waals surface area contributed by atoms with E-state index in [4.69, 9.17) is 28.4 Å². The van der Waals surface area contributed by atoms with Crippen molar-refractivity contribution in [1.82, 2.24) is 10.2 Å². The summed E-state index contributed by atoms with van der Waals surface area (Å²) in [5.74, 6) is -0.160. The minimum Gasteiger partial charge on any atom is -0.465 e. The van der Waals surface area contributed by atoms with Crippen LogP contribution in [0.15, 0.2) is 24.3 Å². The molecule has 5 aliphatic rings. The summed E-state index contributed by atoms with van der Waals surface area (Å²) in [6.45, 7) is 6.84. The molecular weight excluding hydrogens is 893 g/mol. The van der Waals surface area contributed by atoms with Crippen molar-refractivity contribution >= 4 is 35.9 Å². The SMILES string of the molecule is CCCCC/C=C\CCOC(=O)CCCCCC(=O)OCC(COC(=O)CCCCCC(=O)OCC/C=C\CCCCC)(COC(=O)CC1CC2CC3CC(C1)(C2)C3)COC(=O)NCCN1CCCC1. The Morgan fingerprint density at radius 1 is 0.529 bits per heavy atom. The van der Waals surface area contributed by atoms with Crippen LogP contribution in [-0.4, -0.2) is 107 Å². The van der Waals surface area contributed by atoms with Gasteiger partial charge >= 0.3 is 35.9 Å². The third-order valence-corrected chi connectivity index (χ3v) is 14.6. The summed E-state index contributed by atoms with van der Waals surface area (Å²) < 4.78 is 34.1. The topological polar surface area (TPSA) is 173 Å². The normalized spacial score (nSPS) is 20.7. The average molecular weight is 985 g/mol. The molecule has 0 radical (unpaired) electrons. The van der Waals surface area contributed by atoms with Crippen LogP contribution in [-0.2, 0) is 52.4 Å². The van der Waals surface area contributed by atoms with Gasteiger partial charge in [-0.25, -0.2) is 4.79 Å². The number of unbranched alkanes of at least 4 members (excludes halogenated alkanes) is 10. The van der Waals surface area contributed by atoms with Crippen LogP contribution in [0.4, 0.5) is 4.79 Å². The van der Waals surface area contributed by atoms with Gasteiger partial charge in [-0.2, -0.15) is 0 Å². The molecule has 3 bridgehead atoms. The Hall–Kier alpha value is -3.94. The molecule has 1 saturated heterocycles. The molecule has 1 amide bonds. The second-order valence-electron chi connectivity index (χ2n) is 21.2. The predicted octanol–water partition coefficient (Wildman–Crippen LogP) is 11.1. The Labute approximate surface area is 420 Å². The number of nitrogens with one attached hydrogen (secondary N) is 1. The molecule has 1 aliphatic heterocycles. The molecule has 2 unspecified atom stereocenters. The molecule has 5 rings (SSSR count). The fourth-order valence-corrected chi connectivity index (χ4v) is 11.0. The monoisotopic (exact) mass is 985 g/mol. The van der Waals surface area contributed by atoms with Crippen molar-refractivity contribution in [2.24, 2.45) is 28.6 Å². The summed E-state index contributed by atoms with van der Waals surface area (Å²) in [6, 6.07) is 0. The van der Waals surface area contributed by atoms with Gasteiger partial charge in [-0.15, -0.1) is 0 Å². The molecule has 70 heavy (non-hydrogen) atoms. The highest BCUT2D eigenvalue weighted by atomic mass is 16.6. The summed E-state index contributed by atoms with van der Waals surface area (Å²) in [5.41, 5.74) is -1.000. The molecule has 5 fully saturated rings. The van der Waals surface area contributed by atoms with Crippen LogP contribution >= 0.6 is 0 Å². The third-order valence-electron chi connectivity index (χ3n) is 14.6. The van der Waals surface area contributed by atoms with Crippen LogP contribution in [0.1, 0.15) is 200 Å². The highest BCUT2D eigenvalue weighted by Crippen LogP contribution is 2.64.